The van der Waals surface area contributed by atoms with E-state index in [-0.39, 0.29) is 23.1 Å². The number of carboxylic acid groups (broad SMARTS) is 1. The molecule has 3 rings (SSSR count). The topological polar surface area (TPSA) is 75.4 Å². The summed E-state index contributed by atoms with van der Waals surface area (Å²) in [6.07, 6.45) is 4.31. The molecule has 0 radical (unpaired) electrons. The van der Waals surface area contributed by atoms with Gasteiger partial charge in [-0.15, -0.1) is 0 Å². The van der Waals surface area contributed by atoms with Gasteiger partial charge in [0.05, 0.1) is 23.4 Å². The summed E-state index contributed by atoms with van der Waals surface area (Å²) in [5.41, 5.74) is 0.939. The zero-order chi connectivity index (χ0) is 17.3. The van der Waals surface area contributed by atoms with Crippen LogP contribution in [0, 0.1) is 12.7 Å². The first-order valence-corrected chi connectivity index (χ1v) is 7.78. The Kier molecular flexibility index (Phi) is 4.33. The number of carboxylic acids is 1. The Hall–Kier alpha value is -2.70. The third-order valence-corrected chi connectivity index (χ3v) is 4.26. The fourth-order valence-electron chi connectivity index (χ4n) is 2.97. The van der Waals surface area contributed by atoms with Gasteiger partial charge < -0.3 is 10.0 Å². The largest absolute Gasteiger partial charge is 0.478 e. The van der Waals surface area contributed by atoms with E-state index in [4.69, 9.17) is 5.11 Å². The number of halogens is 1. The highest BCUT2D eigenvalue weighted by molar-refractivity contribution is 5.94. The Morgan fingerprint density at radius 1 is 1.38 bits per heavy atom. The van der Waals surface area contributed by atoms with Crippen LogP contribution in [-0.4, -0.2) is 44.8 Å². The minimum absolute atomic E-state index is 0.0629. The van der Waals surface area contributed by atoms with Crippen LogP contribution in [0.15, 0.2) is 30.6 Å². The molecule has 1 amide bonds. The number of aromatic nitrogens is 2. The second-order valence-corrected chi connectivity index (χ2v) is 6.04. The van der Waals surface area contributed by atoms with Gasteiger partial charge in [0.15, 0.2) is 0 Å². The summed E-state index contributed by atoms with van der Waals surface area (Å²) in [6.45, 7) is 2.70. The van der Waals surface area contributed by atoms with Crippen molar-refractivity contribution in [3.05, 3.63) is 53.1 Å². The number of carbonyl (C=O) groups excluding carboxylic acids is 1. The number of rotatable bonds is 3. The first-order chi connectivity index (χ1) is 11.5. The molecular weight excluding hydrogens is 313 g/mol. The summed E-state index contributed by atoms with van der Waals surface area (Å²) in [5, 5.41) is 13.1. The van der Waals surface area contributed by atoms with Crippen LogP contribution in [-0.2, 0) is 0 Å². The van der Waals surface area contributed by atoms with Gasteiger partial charge in [-0.05, 0) is 37.5 Å². The van der Waals surface area contributed by atoms with Crippen LogP contribution in [0.4, 0.5) is 4.39 Å². The fraction of sp³-hybridized carbons (Fsp3) is 0.353. The van der Waals surface area contributed by atoms with Crippen molar-refractivity contribution >= 4 is 11.9 Å². The van der Waals surface area contributed by atoms with Crippen LogP contribution in [0.2, 0.25) is 0 Å². The minimum Gasteiger partial charge on any atom is -0.478 e. The van der Waals surface area contributed by atoms with Crippen molar-refractivity contribution in [2.45, 2.75) is 25.8 Å². The number of hydrogen-bond donors (Lipinski definition) is 1. The molecule has 1 aliphatic heterocycles. The summed E-state index contributed by atoms with van der Waals surface area (Å²) in [6, 6.07) is 4.46. The molecule has 6 nitrogen and oxygen atoms in total. The summed E-state index contributed by atoms with van der Waals surface area (Å²) in [5.74, 6) is -1.90. The van der Waals surface area contributed by atoms with E-state index in [9.17, 15) is 14.0 Å². The highest BCUT2D eigenvalue weighted by atomic mass is 19.1. The fourth-order valence-corrected chi connectivity index (χ4v) is 2.97. The molecule has 126 valence electrons. The Morgan fingerprint density at radius 3 is 2.83 bits per heavy atom. The van der Waals surface area contributed by atoms with Crippen LogP contribution in [0.1, 0.15) is 45.2 Å². The van der Waals surface area contributed by atoms with E-state index >= 15 is 0 Å². The quantitative estimate of drug-likeness (QED) is 0.938. The average molecular weight is 331 g/mol. The maximum absolute atomic E-state index is 14.0. The second-order valence-electron chi connectivity index (χ2n) is 6.04. The van der Waals surface area contributed by atoms with Gasteiger partial charge in [-0.3, -0.25) is 9.48 Å². The number of carbonyl (C=O) groups is 2. The molecule has 2 aromatic rings. The second kappa shape index (κ2) is 6.43. The summed E-state index contributed by atoms with van der Waals surface area (Å²) >= 11 is 0. The molecule has 7 heteroatoms. The Bertz CT molecular complexity index is 787. The van der Waals surface area contributed by atoms with Crippen molar-refractivity contribution in [1.29, 1.82) is 0 Å². The molecule has 0 saturated carbocycles. The lowest BCUT2D eigenvalue weighted by Crippen LogP contribution is -2.41. The van der Waals surface area contributed by atoms with Crippen molar-refractivity contribution in [1.82, 2.24) is 14.7 Å². The zero-order valence-corrected chi connectivity index (χ0v) is 13.3. The highest BCUT2D eigenvalue weighted by Gasteiger charge is 2.27. The molecule has 0 bridgehead atoms. The monoisotopic (exact) mass is 331 g/mol. The van der Waals surface area contributed by atoms with Gasteiger partial charge in [0.2, 0.25) is 0 Å². The van der Waals surface area contributed by atoms with Gasteiger partial charge in [-0.25, -0.2) is 9.18 Å². The zero-order valence-electron chi connectivity index (χ0n) is 13.3. The Morgan fingerprint density at radius 2 is 2.17 bits per heavy atom. The Labute approximate surface area is 138 Å². The van der Waals surface area contributed by atoms with Crippen LogP contribution >= 0.6 is 0 Å². The van der Waals surface area contributed by atoms with Crippen molar-refractivity contribution in [2.24, 2.45) is 0 Å². The van der Waals surface area contributed by atoms with Gasteiger partial charge >= 0.3 is 5.97 Å². The van der Waals surface area contributed by atoms with E-state index in [2.05, 4.69) is 5.10 Å². The van der Waals surface area contributed by atoms with Crippen molar-refractivity contribution in [2.75, 3.05) is 13.1 Å². The van der Waals surface area contributed by atoms with E-state index in [0.29, 0.717) is 13.1 Å². The average Bonchev–Trinajstić information content (AvgIpc) is 3.05. The number of hydrogen-bond acceptors (Lipinski definition) is 3. The van der Waals surface area contributed by atoms with E-state index in [1.165, 1.54) is 24.5 Å². The molecule has 1 saturated heterocycles. The molecule has 0 aliphatic carbocycles. The van der Waals surface area contributed by atoms with E-state index < -0.39 is 11.8 Å². The molecular formula is C17H18FN3O3. The smallest absolute Gasteiger partial charge is 0.338 e. The Balaban J connectivity index is 1.77. The number of benzene rings is 1. The maximum atomic E-state index is 14.0. The highest BCUT2D eigenvalue weighted by Crippen LogP contribution is 2.23. The first-order valence-electron chi connectivity index (χ1n) is 7.78. The molecule has 1 aliphatic rings. The molecule has 1 atom stereocenters. The predicted molar refractivity (Wildman–Crippen MR) is 84.5 cm³/mol. The number of aryl methyl sites for hydroxylation is 1. The van der Waals surface area contributed by atoms with Gasteiger partial charge in [0.1, 0.15) is 5.82 Å². The van der Waals surface area contributed by atoms with Crippen LogP contribution in [0.25, 0.3) is 0 Å². The van der Waals surface area contributed by atoms with Crippen LogP contribution < -0.4 is 0 Å². The van der Waals surface area contributed by atoms with Gasteiger partial charge in [0.25, 0.3) is 5.91 Å². The van der Waals surface area contributed by atoms with E-state index in [1.807, 2.05) is 0 Å². The minimum atomic E-state index is -1.04. The van der Waals surface area contributed by atoms with Gasteiger partial charge in [0, 0.05) is 19.3 Å². The number of amides is 1. The first kappa shape index (κ1) is 16.2. The number of piperidine rings is 1. The maximum Gasteiger partial charge on any atom is 0.338 e. The predicted octanol–water partition coefficient (Wildman–Crippen LogP) is 2.51. The van der Waals surface area contributed by atoms with Gasteiger partial charge in [-0.1, -0.05) is 6.07 Å². The number of aromatic carboxylic acids is 1. The molecule has 1 aromatic carbocycles. The number of likely N-dealkylation sites (tertiary alicyclic amines) is 1. The lowest BCUT2D eigenvalue weighted by molar-refractivity contribution is 0.0662. The molecule has 1 fully saturated rings. The summed E-state index contributed by atoms with van der Waals surface area (Å²) in [7, 11) is 0. The van der Waals surface area contributed by atoms with Crippen LogP contribution in [0.3, 0.4) is 0 Å². The van der Waals surface area contributed by atoms with E-state index in [1.54, 1.807) is 22.6 Å². The lowest BCUT2D eigenvalue weighted by atomic mass is 10.0. The standard InChI is InChI=1S/C17H18FN3O3/c1-11-4-5-14(15(18)7-11)16(22)20-6-2-3-13(10-20)21-9-12(8-19-21)17(23)24/h4-5,7-9,13H,2-3,6,10H2,1H3,(H,23,24)/t13-/m1/s1. The molecule has 1 aromatic heterocycles. The normalized spacial score (nSPS) is 17.8. The molecule has 2 heterocycles. The lowest BCUT2D eigenvalue weighted by Gasteiger charge is -2.33. The van der Waals surface area contributed by atoms with Crippen molar-refractivity contribution < 1.29 is 19.1 Å². The SMILES string of the molecule is Cc1ccc(C(=O)N2CCC[C@@H](n3cc(C(=O)O)cn3)C2)c(F)c1. The number of nitrogens with zero attached hydrogens (tertiary/aromatic N) is 3. The molecule has 24 heavy (non-hydrogen) atoms. The van der Waals surface area contributed by atoms with Crippen LogP contribution in [0.5, 0.6) is 0 Å². The summed E-state index contributed by atoms with van der Waals surface area (Å²) < 4.78 is 15.6. The van der Waals surface area contributed by atoms with Crippen molar-refractivity contribution in [3.8, 4) is 0 Å². The third-order valence-electron chi connectivity index (χ3n) is 4.26. The molecule has 1 N–H and O–H groups in total. The van der Waals surface area contributed by atoms with E-state index in [0.717, 1.165) is 18.4 Å². The summed E-state index contributed by atoms with van der Waals surface area (Å²) in [4.78, 5) is 25.1. The molecule has 0 unspecified atom stereocenters. The van der Waals surface area contributed by atoms with Gasteiger partial charge in [-0.2, -0.15) is 5.10 Å². The third kappa shape index (κ3) is 3.15. The molecule has 0 spiro atoms. The van der Waals surface area contributed by atoms with Crippen molar-refractivity contribution in [3.63, 3.8) is 0 Å².